The largest absolute Gasteiger partial charge is 0.489 e. The van der Waals surface area contributed by atoms with Crippen molar-refractivity contribution in [3.05, 3.63) is 156 Å². The van der Waals surface area contributed by atoms with Crippen LogP contribution in [0.25, 0.3) is 22.8 Å². The molecule has 0 bridgehead atoms. The van der Waals surface area contributed by atoms with E-state index in [0.717, 1.165) is 89.8 Å². The second-order valence-electron chi connectivity index (χ2n) is 12.1. The predicted molar refractivity (Wildman–Crippen MR) is 204 cm³/mol. The van der Waals surface area contributed by atoms with Crippen molar-refractivity contribution in [3.8, 4) is 34.3 Å². The Morgan fingerprint density at radius 1 is 0.462 bits per heavy atom. The van der Waals surface area contributed by atoms with Gasteiger partial charge in [0.25, 0.3) is 0 Å². The molecule has 0 aliphatic carbocycles. The summed E-state index contributed by atoms with van der Waals surface area (Å²) < 4.78 is 16.0. The van der Waals surface area contributed by atoms with Crippen molar-refractivity contribution in [1.29, 1.82) is 0 Å². The highest BCUT2D eigenvalue weighted by molar-refractivity contribution is 8.00. The maximum absolute atomic E-state index is 6.16. The second kappa shape index (κ2) is 14.3. The zero-order chi connectivity index (χ0) is 34.7. The number of aromatic nitrogens is 6. The normalized spacial score (nSPS) is 13.5. The molecule has 0 radical (unpaired) electrons. The SMILES string of the molecule is c1ccc(-c2nnc3n2N=C(c2ccc(OCc4cccc(COc5ccc(C6=Nn7c(nnc7-c7ccccc7)SC6)cc5)c4)cc2)CS3)cc1. The van der Waals surface area contributed by atoms with Crippen LogP contribution in [0.1, 0.15) is 22.3 Å². The summed E-state index contributed by atoms with van der Waals surface area (Å²) in [7, 11) is 0. The monoisotopic (exact) mass is 718 g/mol. The third-order valence-corrected chi connectivity index (χ3v) is 10.4. The van der Waals surface area contributed by atoms with Crippen LogP contribution in [0.2, 0.25) is 0 Å². The molecule has 0 spiro atoms. The molecule has 0 saturated heterocycles. The van der Waals surface area contributed by atoms with Crippen LogP contribution in [-0.4, -0.2) is 52.7 Å². The molecule has 2 aromatic heterocycles. The van der Waals surface area contributed by atoms with Gasteiger partial charge in [0.1, 0.15) is 24.7 Å². The van der Waals surface area contributed by atoms with Gasteiger partial charge in [-0.2, -0.15) is 19.6 Å². The lowest BCUT2D eigenvalue weighted by Gasteiger charge is -2.15. The lowest BCUT2D eigenvalue weighted by Crippen LogP contribution is -2.13. The van der Waals surface area contributed by atoms with E-state index in [0.29, 0.717) is 13.2 Å². The molecule has 0 amide bonds. The Balaban J connectivity index is 0.807. The lowest BCUT2D eigenvalue weighted by molar-refractivity contribution is 0.300. The van der Waals surface area contributed by atoms with Gasteiger partial charge < -0.3 is 9.47 Å². The fourth-order valence-electron chi connectivity index (χ4n) is 5.90. The third-order valence-electron chi connectivity index (χ3n) is 8.58. The molecule has 12 heteroatoms. The van der Waals surface area contributed by atoms with Crippen LogP contribution in [0.15, 0.2) is 154 Å². The highest BCUT2D eigenvalue weighted by Gasteiger charge is 2.22. The van der Waals surface area contributed by atoms with Crippen molar-refractivity contribution in [1.82, 2.24) is 29.7 Å². The molecule has 4 heterocycles. The summed E-state index contributed by atoms with van der Waals surface area (Å²) in [5, 5.41) is 28.8. The average Bonchev–Trinajstić information content (AvgIpc) is 3.85. The summed E-state index contributed by atoms with van der Waals surface area (Å²) in [5.41, 5.74) is 8.11. The number of fused-ring (bicyclic) bond motifs is 2. The summed E-state index contributed by atoms with van der Waals surface area (Å²) in [4.78, 5) is 0. The predicted octanol–water partition coefficient (Wildman–Crippen LogP) is 8.08. The van der Waals surface area contributed by atoms with Gasteiger partial charge in [-0.05, 0) is 76.9 Å². The summed E-state index contributed by atoms with van der Waals surface area (Å²) in [6, 6.07) is 44.5. The lowest BCUT2D eigenvalue weighted by atomic mass is 10.1. The van der Waals surface area contributed by atoms with Gasteiger partial charge in [0.15, 0.2) is 11.6 Å². The maximum Gasteiger partial charge on any atom is 0.212 e. The van der Waals surface area contributed by atoms with Crippen LogP contribution in [0.3, 0.4) is 0 Å². The highest BCUT2D eigenvalue weighted by Crippen LogP contribution is 2.30. The van der Waals surface area contributed by atoms with Gasteiger partial charge in [-0.3, -0.25) is 0 Å². The first-order chi connectivity index (χ1) is 25.7. The molecule has 0 saturated carbocycles. The quantitative estimate of drug-likeness (QED) is 0.140. The molecule has 10 nitrogen and oxygen atoms in total. The van der Waals surface area contributed by atoms with E-state index < -0.39 is 0 Å². The van der Waals surface area contributed by atoms with Gasteiger partial charge in [-0.15, -0.1) is 20.4 Å². The van der Waals surface area contributed by atoms with Gasteiger partial charge in [0.05, 0.1) is 11.4 Å². The molecule has 2 aliphatic rings. The van der Waals surface area contributed by atoms with Crippen molar-refractivity contribution in [2.45, 2.75) is 23.5 Å². The Morgan fingerprint density at radius 3 is 1.35 bits per heavy atom. The van der Waals surface area contributed by atoms with E-state index >= 15 is 0 Å². The average molecular weight is 719 g/mol. The molecule has 7 aromatic rings. The molecular weight excluding hydrogens is 689 g/mol. The third kappa shape index (κ3) is 6.73. The van der Waals surface area contributed by atoms with E-state index in [1.54, 1.807) is 23.5 Å². The van der Waals surface area contributed by atoms with Crippen molar-refractivity contribution in [2.24, 2.45) is 10.2 Å². The number of ether oxygens (including phenoxy) is 2. The fourth-order valence-corrected chi connectivity index (χ4v) is 7.58. The molecule has 0 N–H and O–H groups in total. The number of rotatable bonds is 10. The smallest absolute Gasteiger partial charge is 0.212 e. The number of hydrogen-bond acceptors (Lipinski definition) is 10. The molecule has 0 atom stereocenters. The number of benzene rings is 5. The molecule has 0 unspecified atom stereocenters. The summed E-state index contributed by atoms with van der Waals surface area (Å²) in [6.45, 7) is 0.896. The number of hydrogen-bond donors (Lipinski definition) is 0. The van der Waals surface area contributed by atoms with Crippen molar-refractivity contribution in [2.75, 3.05) is 11.5 Å². The molecular formula is C40H30N8O2S2. The van der Waals surface area contributed by atoms with Gasteiger partial charge in [0, 0.05) is 22.6 Å². The zero-order valence-electron chi connectivity index (χ0n) is 27.7. The second-order valence-corrected chi connectivity index (χ2v) is 14.0. The van der Waals surface area contributed by atoms with Crippen LogP contribution in [-0.2, 0) is 13.2 Å². The number of thioether (sulfide) groups is 2. The summed E-state index contributed by atoms with van der Waals surface area (Å²) in [6.07, 6.45) is 0. The van der Waals surface area contributed by atoms with Crippen molar-refractivity contribution >= 4 is 34.9 Å². The first-order valence-corrected chi connectivity index (χ1v) is 18.7. The van der Waals surface area contributed by atoms with Crippen LogP contribution in [0.5, 0.6) is 11.5 Å². The van der Waals surface area contributed by atoms with E-state index in [9.17, 15) is 0 Å². The van der Waals surface area contributed by atoms with E-state index in [1.807, 2.05) is 100 Å². The Labute approximate surface area is 308 Å². The van der Waals surface area contributed by atoms with Crippen LogP contribution < -0.4 is 9.47 Å². The standard InChI is InChI=1S/C40H30N8O2S2/c1-3-10-31(11-4-1)37-41-43-39-47(37)45-35(25-51-39)29-14-18-33(19-15-29)49-23-27-8-7-9-28(22-27)24-50-34-20-16-30(17-21-34)36-26-52-40-44-42-38(48(40)46-36)32-12-5-2-6-13-32/h1-22H,23-26H2. The Morgan fingerprint density at radius 2 is 0.904 bits per heavy atom. The topological polar surface area (TPSA) is 105 Å². The van der Waals surface area contributed by atoms with E-state index in [-0.39, 0.29) is 0 Å². The fraction of sp³-hybridized carbons (Fsp3) is 0.100. The molecule has 254 valence electrons. The maximum atomic E-state index is 6.16. The summed E-state index contributed by atoms with van der Waals surface area (Å²) >= 11 is 3.27. The minimum absolute atomic E-state index is 0.448. The van der Waals surface area contributed by atoms with Gasteiger partial charge in [0.2, 0.25) is 10.3 Å². The van der Waals surface area contributed by atoms with E-state index in [1.165, 1.54) is 0 Å². The van der Waals surface area contributed by atoms with Crippen molar-refractivity contribution in [3.63, 3.8) is 0 Å². The van der Waals surface area contributed by atoms with E-state index in [2.05, 4.69) is 62.9 Å². The Kier molecular flexibility index (Phi) is 8.81. The van der Waals surface area contributed by atoms with Crippen LogP contribution in [0.4, 0.5) is 0 Å². The van der Waals surface area contributed by atoms with E-state index in [4.69, 9.17) is 19.7 Å². The van der Waals surface area contributed by atoms with Crippen LogP contribution >= 0.6 is 23.5 Å². The Bertz CT molecular complexity index is 2240. The van der Waals surface area contributed by atoms with Crippen LogP contribution in [0, 0.1) is 0 Å². The number of nitrogens with zero attached hydrogens (tertiary/aromatic N) is 8. The van der Waals surface area contributed by atoms with Crippen molar-refractivity contribution < 1.29 is 9.47 Å². The zero-order valence-corrected chi connectivity index (χ0v) is 29.4. The molecule has 2 aliphatic heterocycles. The Hall–Kier alpha value is -5.98. The molecule has 5 aromatic carbocycles. The van der Waals surface area contributed by atoms with Gasteiger partial charge >= 0.3 is 0 Å². The minimum atomic E-state index is 0.448. The first kappa shape index (κ1) is 32.0. The highest BCUT2D eigenvalue weighted by atomic mass is 32.2. The molecule has 9 rings (SSSR count). The molecule has 52 heavy (non-hydrogen) atoms. The molecule has 0 fully saturated rings. The van der Waals surface area contributed by atoms with Gasteiger partial charge in [-0.1, -0.05) is 102 Å². The summed E-state index contributed by atoms with van der Waals surface area (Å²) in [5.74, 6) is 4.51. The van der Waals surface area contributed by atoms with Gasteiger partial charge in [-0.25, -0.2) is 0 Å². The minimum Gasteiger partial charge on any atom is -0.489 e. The first-order valence-electron chi connectivity index (χ1n) is 16.7.